The minimum Gasteiger partial charge on any atom is -0.356 e. The topological polar surface area (TPSA) is 58.2 Å². The highest BCUT2D eigenvalue weighted by atomic mass is 79.9. The lowest BCUT2D eigenvalue weighted by molar-refractivity contribution is -0.121. The molecule has 0 saturated carbocycles. The molecule has 2 N–H and O–H groups in total. The lowest BCUT2D eigenvalue weighted by atomic mass is 10.2. The molecule has 5 heteroatoms. The third kappa shape index (κ3) is 7.85. The van der Waals surface area contributed by atoms with E-state index in [4.69, 9.17) is 0 Å². The highest BCUT2D eigenvalue weighted by Gasteiger charge is 2.05. The van der Waals surface area contributed by atoms with Gasteiger partial charge in [-0.3, -0.25) is 9.59 Å². The van der Waals surface area contributed by atoms with Gasteiger partial charge >= 0.3 is 0 Å². The van der Waals surface area contributed by atoms with Gasteiger partial charge in [0.05, 0.1) is 0 Å². The Labute approximate surface area is 134 Å². The van der Waals surface area contributed by atoms with E-state index in [1.54, 1.807) is 12.1 Å². The number of carbonyl (C=O) groups excluding carboxylic acids is 2. The van der Waals surface area contributed by atoms with E-state index in [0.29, 0.717) is 24.4 Å². The second-order valence-corrected chi connectivity index (χ2v) is 6.33. The average Bonchev–Trinajstić information content (AvgIpc) is 2.45. The second-order valence-electron chi connectivity index (χ2n) is 5.42. The van der Waals surface area contributed by atoms with Crippen molar-refractivity contribution in [3.63, 3.8) is 0 Å². The largest absolute Gasteiger partial charge is 0.356 e. The number of carbonyl (C=O) groups is 2. The van der Waals surface area contributed by atoms with Gasteiger partial charge in [0.2, 0.25) is 5.91 Å². The number of nitrogens with one attached hydrogen (secondary N) is 2. The minimum atomic E-state index is -0.0771. The maximum atomic E-state index is 11.8. The zero-order valence-electron chi connectivity index (χ0n) is 12.6. The predicted molar refractivity (Wildman–Crippen MR) is 88.2 cm³/mol. The van der Waals surface area contributed by atoms with Gasteiger partial charge in [0.15, 0.2) is 0 Å². The summed E-state index contributed by atoms with van der Waals surface area (Å²) in [6.07, 6.45) is 2.10. The normalized spacial score (nSPS) is 10.5. The molecule has 0 spiro atoms. The number of hydrogen-bond acceptors (Lipinski definition) is 2. The Bertz CT molecular complexity index is 458. The molecule has 0 saturated heterocycles. The minimum absolute atomic E-state index is 0.0771. The average molecular weight is 355 g/mol. The molecule has 0 bridgehead atoms. The summed E-state index contributed by atoms with van der Waals surface area (Å²) in [5, 5.41) is 5.74. The summed E-state index contributed by atoms with van der Waals surface area (Å²) in [7, 11) is 0. The molecule has 0 heterocycles. The number of benzene rings is 1. The third-order valence-electron chi connectivity index (χ3n) is 2.93. The third-order valence-corrected chi connectivity index (χ3v) is 3.46. The molecule has 21 heavy (non-hydrogen) atoms. The van der Waals surface area contributed by atoms with Gasteiger partial charge in [0.1, 0.15) is 0 Å². The molecule has 0 radical (unpaired) electrons. The van der Waals surface area contributed by atoms with Crippen LogP contribution in [-0.2, 0) is 4.79 Å². The molecule has 0 aliphatic heterocycles. The molecule has 2 amide bonds. The van der Waals surface area contributed by atoms with E-state index in [9.17, 15) is 9.59 Å². The van der Waals surface area contributed by atoms with Crippen LogP contribution < -0.4 is 10.6 Å². The summed E-state index contributed by atoms with van der Waals surface area (Å²) in [5.41, 5.74) is 0.646. The van der Waals surface area contributed by atoms with Crippen molar-refractivity contribution in [1.29, 1.82) is 0 Å². The molecule has 0 fully saturated rings. The van der Waals surface area contributed by atoms with Crippen molar-refractivity contribution >= 4 is 27.7 Å². The monoisotopic (exact) mass is 354 g/mol. The van der Waals surface area contributed by atoms with E-state index in [1.165, 1.54) is 0 Å². The molecule has 1 aromatic carbocycles. The highest BCUT2D eigenvalue weighted by molar-refractivity contribution is 9.10. The fourth-order valence-corrected chi connectivity index (χ4v) is 1.99. The number of rotatable bonds is 8. The first kappa shape index (κ1) is 17.7. The molecule has 1 aromatic rings. The van der Waals surface area contributed by atoms with E-state index in [-0.39, 0.29) is 11.8 Å². The van der Waals surface area contributed by atoms with Crippen molar-refractivity contribution in [2.75, 3.05) is 13.1 Å². The summed E-state index contributed by atoms with van der Waals surface area (Å²) >= 11 is 3.33. The lowest BCUT2D eigenvalue weighted by Crippen LogP contribution is -2.27. The fraction of sp³-hybridized carbons (Fsp3) is 0.500. The quantitative estimate of drug-likeness (QED) is 0.704. The number of halogens is 1. The molecule has 0 unspecified atom stereocenters. The number of amides is 2. The zero-order chi connectivity index (χ0) is 15.7. The molecule has 0 atom stereocenters. The maximum Gasteiger partial charge on any atom is 0.251 e. The van der Waals surface area contributed by atoms with E-state index in [1.807, 2.05) is 12.1 Å². The van der Waals surface area contributed by atoms with E-state index in [2.05, 4.69) is 40.4 Å². The smallest absolute Gasteiger partial charge is 0.251 e. The van der Waals surface area contributed by atoms with Crippen molar-refractivity contribution in [3.05, 3.63) is 34.3 Å². The first-order chi connectivity index (χ1) is 9.99. The standard InChI is InChI=1S/C16H23BrN2O2/c1-12(2)11-19-15(20)5-3-4-10-18-16(21)13-6-8-14(17)9-7-13/h6-9,12H,3-5,10-11H2,1-2H3,(H,18,21)(H,19,20). The fourth-order valence-electron chi connectivity index (χ4n) is 1.72. The molecule has 0 aromatic heterocycles. The summed E-state index contributed by atoms with van der Waals surface area (Å²) in [6, 6.07) is 7.24. The van der Waals surface area contributed by atoms with Crippen molar-refractivity contribution < 1.29 is 9.59 Å². The van der Waals surface area contributed by atoms with Gasteiger partial charge in [0.25, 0.3) is 5.91 Å². The Morgan fingerprint density at radius 2 is 1.76 bits per heavy atom. The summed E-state index contributed by atoms with van der Waals surface area (Å²) in [4.78, 5) is 23.3. The van der Waals surface area contributed by atoms with Crippen LogP contribution in [0.1, 0.15) is 43.5 Å². The Balaban J connectivity index is 2.12. The highest BCUT2D eigenvalue weighted by Crippen LogP contribution is 2.10. The van der Waals surface area contributed by atoms with E-state index >= 15 is 0 Å². The van der Waals surface area contributed by atoms with Crippen molar-refractivity contribution in [3.8, 4) is 0 Å². The van der Waals surface area contributed by atoms with Crippen LogP contribution in [0, 0.1) is 5.92 Å². The van der Waals surface area contributed by atoms with Crippen LogP contribution in [0.5, 0.6) is 0 Å². The maximum absolute atomic E-state index is 11.8. The first-order valence-electron chi connectivity index (χ1n) is 7.29. The molecule has 4 nitrogen and oxygen atoms in total. The van der Waals surface area contributed by atoms with Crippen LogP contribution in [0.15, 0.2) is 28.7 Å². The van der Waals surface area contributed by atoms with Gasteiger partial charge in [0, 0.05) is 29.5 Å². The van der Waals surface area contributed by atoms with Gasteiger partial charge in [-0.1, -0.05) is 29.8 Å². The molecule has 116 valence electrons. The summed E-state index contributed by atoms with van der Waals surface area (Å²) < 4.78 is 0.950. The Kier molecular flexibility index (Phi) is 8.05. The Hall–Kier alpha value is -1.36. The Morgan fingerprint density at radius 1 is 1.10 bits per heavy atom. The molecular weight excluding hydrogens is 332 g/mol. The molecular formula is C16H23BrN2O2. The van der Waals surface area contributed by atoms with Gasteiger partial charge in [-0.05, 0) is 43.0 Å². The van der Waals surface area contributed by atoms with Crippen LogP contribution in [0.4, 0.5) is 0 Å². The zero-order valence-corrected chi connectivity index (χ0v) is 14.2. The number of hydrogen-bond donors (Lipinski definition) is 2. The molecule has 1 rings (SSSR count). The van der Waals surface area contributed by atoms with Gasteiger partial charge in [-0.15, -0.1) is 0 Å². The van der Waals surface area contributed by atoms with Crippen LogP contribution >= 0.6 is 15.9 Å². The Morgan fingerprint density at radius 3 is 2.38 bits per heavy atom. The van der Waals surface area contributed by atoms with Gasteiger partial charge in [-0.25, -0.2) is 0 Å². The molecule has 0 aliphatic rings. The second kappa shape index (κ2) is 9.55. The predicted octanol–water partition coefficient (Wildman–Crippen LogP) is 3.12. The van der Waals surface area contributed by atoms with Crippen LogP contribution in [0.25, 0.3) is 0 Å². The van der Waals surface area contributed by atoms with Gasteiger partial charge < -0.3 is 10.6 Å². The van der Waals surface area contributed by atoms with E-state index < -0.39 is 0 Å². The van der Waals surface area contributed by atoms with Crippen molar-refractivity contribution in [2.24, 2.45) is 5.92 Å². The van der Waals surface area contributed by atoms with Crippen LogP contribution in [0.2, 0.25) is 0 Å². The van der Waals surface area contributed by atoms with E-state index in [0.717, 1.165) is 23.9 Å². The van der Waals surface area contributed by atoms with Crippen molar-refractivity contribution in [1.82, 2.24) is 10.6 Å². The SMILES string of the molecule is CC(C)CNC(=O)CCCCNC(=O)c1ccc(Br)cc1. The first-order valence-corrected chi connectivity index (χ1v) is 8.09. The summed E-state index contributed by atoms with van der Waals surface area (Å²) in [6.45, 7) is 5.45. The molecule has 0 aliphatic carbocycles. The van der Waals surface area contributed by atoms with Gasteiger partial charge in [-0.2, -0.15) is 0 Å². The summed E-state index contributed by atoms with van der Waals surface area (Å²) in [5.74, 6) is 0.480. The lowest BCUT2D eigenvalue weighted by Gasteiger charge is -2.08. The van der Waals surface area contributed by atoms with Crippen LogP contribution in [-0.4, -0.2) is 24.9 Å². The van der Waals surface area contributed by atoms with Crippen molar-refractivity contribution in [2.45, 2.75) is 33.1 Å². The number of unbranched alkanes of at least 4 members (excludes halogenated alkanes) is 1. The van der Waals surface area contributed by atoms with Crippen LogP contribution in [0.3, 0.4) is 0 Å².